The number of benzene rings is 4. The van der Waals surface area contributed by atoms with E-state index >= 15 is 0 Å². The molecule has 302 valence electrons. The van der Waals surface area contributed by atoms with Gasteiger partial charge < -0.3 is 19.8 Å². The number of hydrogen-bond donors (Lipinski definition) is 0. The second-order valence-corrected chi connectivity index (χ2v) is 14.8. The van der Waals surface area contributed by atoms with E-state index < -0.39 is 0 Å². The van der Waals surface area contributed by atoms with E-state index in [1.54, 1.807) is 0 Å². The Labute approximate surface area is 378 Å². The van der Waals surface area contributed by atoms with Crippen LogP contribution in [0.25, 0.3) is 68.6 Å². The number of rotatable bonds is 8. The summed E-state index contributed by atoms with van der Waals surface area (Å²) in [7, 11) is 0. The monoisotopic (exact) mass is 991 g/mol. The van der Waals surface area contributed by atoms with Gasteiger partial charge in [-0.25, -0.2) is 9.97 Å². The molecule has 0 saturated heterocycles. The normalized spacial score (nSPS) is 11.6. The second kappa shape index (κ2) is 17.2. The molecular weight excluding hydrogens is 956 g/mol. The smallest absolute Gasteiger partial charge is 0.656 e. The van der Waals surface area contributed by atoms with Gasteiger partial charge in [-0.3, -0.25) is 9.97 Å². The molecule has 5 aromatic heterocycles. The molecule has 0 N–H and O–H groups in total. The number of hydrogen-bond acceptors (Lipinski definition) is 6. The van der Waals surface area contributed by atoms with Crippen LogP contribution in [0.1, 0.15) is 22.8 Å². The Morgan fingerprint density at radius 1 is 0.317 bits per heavy atom. The van der Waals surface area contributed by atoms with Crippen LogP contribution >= 0.6 is 0 Å². The third kappa shape index (κ3) is 7.47. The first-order valence-electron chi connectivity index (χ1n) is 20.4. The summed E-state index contributed by atoms with van der Waals surface area (Å²) in [6.45, 7) is 0. The van der Waals surface area contributed by atoms with Gasteiger partial charge in [-0.15, -0.1) is 22.1 Å². The number of nitrogens with zero attached hydrogens (tertiary/aromatic N) is 8. The fourth-order valence-corrected chi connectivity index (χ4v) is 8.27. The van der Waals surface area contributed by atoms with Crippen LogP contribution in [-0.2, 0) is 21.1 Å². The summed E-state index contributed by atoms with van der Waals surface area (Å²) in [5.41, 5.74) is 15.4. The van der Waals surface area contributed by atoms with Crippen LogP contribution < -0.4 is 19.8 Å². The molecule has 9 aromatic rings. The van der Waals surface area contributed by atoms with Crippen LogP contribution in [0.15, 0.2) is 195 Å². The number of anilines is 6. The van der Waals surface area contributed by atoms with Gasteiger partial charge >= 0.3 is 21.1 Å². The van der Waals surface area contributed by atoms with E-state index in [1.165, 1.54) is 0 Å². The predicted octanol–water partition coefficient (Wildman–Crippen LogP) is 13.0. The van der Waals surface area contributed by atoms with Crippen LogP contribution in [-0.4, -0.2) is 19.9 Å². The van der Waals surface area contributed by atoms with Crippen molar-refractivity contribution in [1.29, 1.82) is 0 Å². The molecule has 0 amide bonds. The topological polar surface area (TPSA) is 86.2 Å². The van der Waals surface area contributed by atoms with E-state index in [9.17, 15) is 0 Å². The van der Waals surface area contributed by atoms with Crippen molar-refractivity contribution in [2.75, 3.05) is 9.80 Å². The average molecular weight is 992 g/mol. The van der Waals surface area contributed by atoms with Gasteiger partial charge in [-0.2, -0.15) is 0 Å². The van der Waals surface area contributed by atoms with Crippen molar-refractivity contribution in [3.05, 3.63) is 217 Å². The third-order valence-corrected chi connectivity index (χ3v) is 11.0. The van der Waals surface area contributed by atoms with Crippen molar-refractivity contribution in [3.8, 4) is 22.3 Å². The molecule has 4 aromatic carbocycles. The van der Waals surface area contributed by atoms with Gasteiger partial charge in [0.1, 0.15) is 0 Å². The largest absolute Gasteiger partial charge is 2.00 e. The van der Waals surface area contributed by atoms with Crippen LogP contribution in [0.4, 0.5) is 34.1 Å². The molecule has 0 aliphatic carbocycles. The van der Waals surface area contributed by atoms with Crippen molar-refractivity contribution in [1.82, 2.24) is 29.9 Å². The molecule has 0 atom stereocenters. The van der Waals surface area contributed by atoms with Crippen LogP contribution in [0, 0.1) is 0 Å². The van der Waals surface area contributed by atoms with E-state index in [4.69, 9.17) is 19.9 Å². The minimum atomic E-state index is 0. The quantitative estimate of drug-likeness (QED) is 0.149. The molecule has 63 heavy (non-hydrogen) atoms. The molecule has 9 heteroatoms. The molecule has 8 bridgehead atoms. The first kappa shape index (κ1) is 39.2. The maximum Gasteiger partial charge on any atom is 2.00 e. The van der Waals surface area contributed by atoms with Gasteiger partial charge in [-0.1, -0.05) is 97.1 Å². The van der Waals surface area contributed by atoms with E-state index in [-0.39, 0.29) is 21.1 Å². The van der Waals surface area contributed by atoms with Crippen LogP contribution in [0.2, 0.25) is 0 Å². The van der Waals surface area contributed by atoms with Gasteiger partial charge in [0.25, 0.3) is 0 Å². The zero-order valence-corrected chi connectivity index (χ0v) is 36.0. The van der Waals surface area contributed by atoms with Crippen molar-refractivity contribution in [2.45, 2.75) is 0 Å². The summed E-state index contributed by atoms with van der Waals surface area (Å²) in [5.74, 6) is 0. The minimum Gasteiger partial charge on any atom is -0.656 e. The Morgan fingerprint density at radius 3 is 0.952 bits per heavy atom. The van der Waals surface area contributed by atoms with Gasteiger partial charge in [0.2, 0.25) is 0 Å². The number of pyridine rings is 2. The van der Waals surface area contributed by atoms with Crippen LogP contribution in [0.3, 0.4) is 0 Å². The van der Waals surface area contributed by atoms with Crippen LogP contribution in [0.5, 0.6) is 0 Å². The molecule has 11 rings (SSSR count). The van der Waals surface area contributed by atoms with Gasteiger partial charge in [0.15, 0.2) is 0 Å². The van der Waals surface area contributed by atoms with E-state index in [0.29, 0.717) is 0 Å². The van der Waals surface area contributed by atoms with Crippen molar-refractivity contribution in [2.24, 2.45) is 0 Å². The molecule has 7 heterocycles. The Balaban J connectivity index is 0.00000471. The molecule has 8 nitrogen and oxygen atoms in total. The zero-order chi connectivity index (χ0) is 41.2. The van der Waals surface area contributed by atoms with E-state index in [0.717, 1.165) is 101 Å². The van der Waals surface area contributed by atoms with E-state index in [1.807, 2.05) is 73.3 Å². The van der Waals surface area contributed by atoms with Gasteiger partial charge in [0.05, 0.1) is 34.2 Å². The summed E-state index contributed by atoms with van der Waals surface area (Å²) in [4.78, 5) is 35.2. The molecule has 2 aliphatic rings. The second-order valence-electron chi connectivity index (χ2n) is 14.8. The summed E-state index contributed by atoms with van der Waals surface area (Å²) in [6, 6.07) is 57.9. The number of aromatic nitrogens is 6. The van der Waals surface area contributed by atoms with Gasteiger partial charge in [-0.05, 0) is 119 Å². The zero-order valence-electron chi connectivity index (χ0n) is 33.7. The third-order valence-electron chi connectivity index (χ3n) is 11.0. The van der Waals surface area contributed by atoms with Crippen molar-refractivity contribution < 1.29 is 21.1 Å². The Bertz CT molecular complexity index is 2980. The number of para-hydroxylation sites is 4. The molecular formula is C54H36N8Pt. The van der Waals surface area contributed by atoms with Gasteiger partial charge in [0, 0.05) is 47.5 Å². The van der Waals surface area contributed by atoms with Crippen molar-refractivity contribution >= 4 is 80.5 Å². The average Bonchev–Trinajstić information content (AvgIpc) is 4.19. The summed E-state index contributed by atoms with van der Waals surface area (Å²) < 4.78 is 0. The molecule has 0 unspecified atom stereocenters. The molecule has 2 aliphatic heterocycles. The maximum atomic E-state index is 5.50. The fourth-order valence-electron chi connectivity index (χ4n) is 8.27. The Morgan fingerprint density at radius 2 is 0.619 bits per heavy atom. The SMILES string of the molecule is C1=Cc2nc1c(-c1ccncc1)c1ccc([n-]1)c(N(c1ccccc1)c1ccccc1)c1nc(c(-c3ccncc3)c3ccc([n-]3)c2N(c2ccccc2)c2ccccc2)C=C1.[Pt+2]. The molecule has 0 spiro atoms. The summed E-state index contributed by atoms with van der Waals surface area (Å²) in [5, 5.41) is 0. The van der Waals surface area contributed by atoms with Crippen molar-refractivity contribution in [3.63, 3.8) is 0 Å². The maximum absolute atomic E-state index is 5.50. The number of fused-ring (bicyclic) bond motifs is 8. The Kier molecular flexibility index (Phi) is 10.7. The first-order chi connectivity index (χ1) is 30.8. The summed E-state index contributed by atoms with van der Waals surface area (Å²) >= 11 is 0. The standard InChI is InChI=1S/C54H36N8.Pt/c1-5-13-39(14-6-1)61(40-15-7-2-8-16-40)53-47-25-21-43(57-47)51(37-29-33-55-34-30-37)45-23-27-49(59-45)54(62(41-17-9-3-10-18-41)42-19-11-4-12-20-42)50-28-24-46(60-50)52(38-31-35-56-36-32-38)44-22-26-48(53)58-44;/h1-36H;/q-2;+2. The van der Waals surface area contributed by atoms with E-state index in [2.05, 4.69) is 165 Å². The fraction of sp³-hybridized carbons (Fsp3) is 0. The first-order valence-corrected chi connectivity index (χ1v) is 20.4. The summed E-state index contributed by atoms with van der Waals surface area (Å²) in [6.07, 6.45) is 15.6. The molecule has 0 saturated carbocycles. The molecule has 0 radical (unpaired) electrons. The molecule has 0 fully saturated rings. The Hall–Kier alpha value is -7.93. The minimum absolute atomic E-state index is 0. The predicted molar refractivity (Wildman–Crippen MR) is 253 cm³/mol.